The SMILES string of the molecule is CN(C(=O)OC(C)(C)C)C1=C(/C=C/C2=[N+](CCCCS(=O)(=O)O)c3ccc4ccccc4c3C2(C)C)CC/C1=C\C=C1\N(CCCCS(=O)(=O)O)c2ccccc2C1(C)C. The van der Waals surface area contributed by atoms with E-state index in [-0.39, 0.29) is 16.9 Å². The normalized spacial score (nSPS) is 19.0. The minimum Gasteiger partial charge on any atom is -0.443 e. The van der Waals surface area contributed by atoms with Crippen molar-refractivity contribution in [2.24, 2.45) is 0 Å². The number of carbonyl (C=O) groups excluding carboxylic acids is 1. The van der Waals surface area contributed by atoms with Crippen LogP contribution in [0.5, 0.6) is 0 Å². The molecule has 0 saturated heterocycles. The second kappa shape index (κ2) is 17.1. The molecule has 0 spiro atoms. The molecule has 0 bridgehead atoms. The number of anilines is 1. The summed E-state index contributed by atoms with van der Waals surface area (Å²) in [6.07, 6.45) is 11.1. The van der Waals surface area contributed by atoms with Gasteiger partial charge in [0.15, 0.2) is 5.71 Å². The number of para-hydroxylation sites is 1. The van der Waals surface area contributed by atoms with Gasteiger partial charge >= 0.3 is 6.09 Å². The van der Waals surface area contributed by atoms with E-state index in [2.05, 4.69) is 97.9 Å². The van der Waals surface area contributed by atoms with Gasteiger partial charge in [0.05, 0.1) is 22.6 Å². The van der Waals surface area contributed by atoms with Gasteiger partial charge in [0.25, 0.3) is 20.2 Å². The molecule has 13 heteroatoms. The topological polar surface area (TPSA) is 145 Å². The maximum Gasteiger partial charge on any atom is 0.414 e. The molecule has 6 rings (SSSR count). The van der Waals surface area contributed by atoms with E-state index in [1.807, 2.05) is 45.0 Å². The molecule has 0 atom stereocenters. The number of hydrogen-bond acceptors (Lipinski definition) is 7. The van der Waals surface area contributed by atoms with Crippen molar-refractivity contribution in [3.63, 3.8) is 0 Å². The van der Waals surface area contributed by atoms with Crippen LogP contribution in [0.3, 0.4) is 0 Å². The first kappa shape index (κ1) is 45.0. The van der Waals surface area contributed by atoms with E-state index in [9.17, 15) is 30.7 Å². The molecule has 1 aliphatic carbocycles. The van der Waals surface area contributed by atoms with Crippen molar-refractivity contribution >= 4 is 54.2 Å². The third kappa shape index (κ3) is 9.80. The second-order valence-corrected chi connectivity index (χ2v) is 21.3. The number of unbranched alkanes of at least 4 members (excludes halogenated alkanes) is 2. The summed E-state index contributed by atoms with van der Waals surface area (Å²) < 4.78 is 73.0. The highest BCUT2D eigenvalue weighted by atomic mass is 32.2. The fourth-order valence-electron chi connectivity index (χ4n) is 9.02. The second-order valence-electron chi connectivity index (χ2n) is 18.1. The van der Waals surface area contributed by atoms with Crippen LogP contribution in [0.4, 0.5) is 16.2 Å². The van der Waals surface area contributed by atoms with Crippen LogP contribution in [0.25, 0.3) is 10.8 Å². The first-order chi connectivity index (χ1) is 28.0. The molecule has 60 heavy (non-hydrogen) atoms. The van der Waals surface area contributed by atoms with Crippen molar-refractivity contribution in [3.05, 3.63) is 119 Å². The first-order valence-corrected chi connectivity index (χ1v) is 24.0. The maximum atomic E-state index is 13.8. The number of amides is 1. The van der Waals surface area contributed by atoms with Crippen molar-refractivity contribution in [3.8, 4) is 0 Å². The number of nitrogens with zero attached hydrogens (tertiary/aromatic N) is 3. The number of allylic oxidation sites excluding steroid dienone is 7. The fourth-order valence-corrected chi connectivity index (χ4v) is 10.2. The number of ether oxygens (including phenoxy) is 1. The van der Waals surface area contributed by atoms with E-state index in [4.69, 9.17) is 4.74 Å². The Labute approximate surface area is 356 Å². The molecule has 0 unspecified atom stereocenters. The summed E-state index contributed by atoms with van der Waals surface area (Å²) in [6, 6.07) is 20.8. The first-order valence-electron chi connectivity index (χ1n) is 20.7. The summed E-state index contributed by atoms with van der Waals surface area (Å²) in [5, 5.41) is 2.29. The molecule has 0 radical (unpaired) electrons. The van der Waals surface area contributed by atoms with Crippen LogP contribution in [0.15, 0.2) is 108 Å². The van der Waals surface area contributed by atoms with E-state index in [0.29, 0.717) is 51.6 Å². The number of benzene rings is 3. The van der Waals surface area contributed by atoms with E-state index in [1.165, 1.54) is 5.56 Å². The Balaban J connectivity index is 1.43. The van der Waals surface area contributed by atoms with Gasteiger partial charge in [-0.05, 0) is 112 Å². The van der Waals surface area contributed by atoms with Crippen LogP contribution in [0.1, 0.15) is 98.1 Å². The molecule has 322 valence electrons. The molecule has 0 aromatic heterocycles. The molecule has 0 saturated carbocycles. The van der Waals surface area contributed by atoms with Gasteiger partial charge in [-0.25, -0.2) is 4.79 Å². The van der Waals surface area contributed by atoms with Crippen LogP contribution >= 0.6 is 0 Å². The van der Waals surface area contributed by atoms with Crippen molar-refractivity contribution in [1.82, 2.24) is 4.90 Å². The van der Waals surface area contributed by atoms with Gasteiger partial charge in [-0.2, -0.15) is 21.4 Å². The number of rotatable bonds is 14. The number of likely N-dealkylation sites (N-methyl/N-ethyl adjacent to an activating group) is 1. The monoisotopic (exact) mass is 858 g/mol. The number of carbonyl (C=O) groups is 1. The lowest BCUT2D eigenvalue weighted by molar-refractivity contribution is -0.438. The molecule has 2 N–H and O–H groups in total. The number of fused-ring (bicyclic) bond motifs is 4. The fraction of sp³-hybridized carbons (Fsp3) is 0.447. The van der Waals surface area contributed by atoms with Gasteiger partial charge in [0.1, 0.15) is 12.1 Å². The van der Waals surface area contributed by atoms with Crippen molar-refractivity contribution in [2.75, 3.05) is 36.5 Å². The van der Waals surface area contributed by atoms with Crippen LogP contribution in [0, 0.1) is 0 Å². The molecule has 3 aromatic rings. The zero-order valence-electron chi connectivity index (χ0n) is 36.2. The van der Waals surface area contributed by atoms with Crippen molar-refractivity contribution in [2.45, 2.75) is 103 Å². The zero-order valence-corrected chi connectivity index (χ0v) is 37.8. The Morgan fingerprint density at radius 2 is 1.48 bits per heavy atom. The molecule has 11 nitrogen and oxygen atoms in total. The predicted octanol–water partition coefficient (Wildman–Crippen LogP) is 9.63. The number of hydrogen-bond donors (Lipinski definition) is 2. The predicted molar refractivity (Wildman–Crippen MR) is 240 cm³/mol. The molecular formula is C47H60N3O8S2+. The van der Waals surface area contributed by atoms with Gasteiger partial charge in [-0.1, -0.05) is 68.5 Å². The van der Waals surface area contributed by atoms with E-state index < -0.39 is 37.3 Å². The van der Waals surface area contributed by atoms with Gasteiger partial charge in [0, 0.05) is 54.5 Å². The lowest BCUT2D eigenvalue weighted by atomic mass is 9.79. The lowest BCUT2D eigenvalue weighted by Gasteiger charge is -2.28. The van der Waals surface area contributed by atoms with E-state index in [0.717, 1.165) is 56.0 Å². The molecule has 3 aromatic carbocycles. The molecule has 2 aliphatic heterocycles. The molecule has 0 fully saturated rings. The largest absolute Gasteiger partial charge is 0.443 e. The van der Waals surface area contributed by atoms with E-state index >= 15 is 0 Å². The summed E-state index contributed by atoms with van der Waals surface area (Å²) >= 11 is 0. The molecule has 1 amide bonds. The Bertz CT molecular complexity index is 2560. The van der Waals surface area contributed by atoms with Gasteiger partial charge in [0.2, 0.25) is 5.69 Å². The van der Waals surface area contributed by atoms with Crippen LogP contribution in [-0.4, -0.2) is 84.5 Å². The van der Waals surface area contributed by atoms with Crippen LogP contribution < -0.4 is 4.90 Å². The minimum atomic E-state index is -4.08. The minimum absolute atomic E-state index is 0.290. The average molecular weight is 859 g/mol. The third-order valence-electron chi connectivity index (χ3n) is 11.8. The Morgan fingerprint density at radius 1 is 0.833 bits per heavy atom. The van der Waals surface area contributed by atoms with Crippen LogP contribution in [-0.2, 0) is 35.8 Å². The average Bonchev–Trinajstić information content (AvgIpc) is 3.72. The van der Waals surface area contributed by atoms with E-state index in [1.54, 1.807) is 11.9 Å². The van der Waals surface area contributed by atoms with Crippen LogP contribution in [0.2, 0.25) is 0 Å². The third-order valence-corrected chi connectivity index (χ3v) is 13.4. The van der Waals surface area contributed by atoms with Crippen molar-refractivity contribution < 1.29 is 40.0 Å². The molecular weight excluding hydrogens is 799 g/mol. The summed E-state index contributed by atoms with van der Waals surface area (Å²) in [7, 11) is -6.39. The smallest absolute Gasteiger partial charge is 0.414 e. The Kier molecular flexibility index (Phi) is 12.8. The van der Waals surface area contributed by atoms with Gasteiger partial charge in [-0.3, -0.25) is 14.0 Å². The molecule has 2 heterocycles. The molecule has 3 aliphatic rings. The summed E-state index contributed by atoms with van der Waals surface area (Å²) in [5.41, 5.74) is 7.77. The zero-order chi connectivity index (χ0) is 43.8. The van der Waals surface area contributed by atoms with Gasteiger partial charge < -0.3 is 9.64 Å². The Hall–Kier alpha value is -4.56. The Morgan fingerprint density at radius 3 is 2.17 bits per heavy atom. The lowest BCUT2D eigenvalue weighted by Crippen LogP contribution is -2.34. The highest BCUT2D eigenvalue weighted by Gasteiger charge is 2.46. The highest BCUT2D eigenvalue weighted by molar-refractivity contribution is 7.86. The summed E-state index contributed by atoms with van der Waals surface area (Å²) in [4.78, 5) is 17.6. The summed E-state index contributed by atoms with van der Waals surface area (Å²) in [5.74, 6) is -0.588. The maximum absolute atomic E-state index is 13.8. The summed E-state index contributed by atoms with van der Waals surface area (Å²) in [6.45, 7) is 15.4. The standard InChI is InChI=1S/C47H59N3O8S2/c1-45(2,3)58-44(51)48(8)43-34(24-27-40-46(4,5)37-19-11-12-20-38(37)49(40)29-13-15-31-59(52,53)54)21-22-35(43)25-28-41-47(6,7)42-36-18-10-9-17-33(36)23-26-39(42)50(41)30-14-16-32-60(55,56)57/h9-12,17-20,23-28H,13-16,21-22,29-32H2,1-8H3,(H-,52,53,54,55,56,57)/p+1. The van der Waals surface area contributed by atoms with Gasteiger partial charge in [-0.15, -0.1) is 0 Å². The highest BCUT2D eigenvalue weighted by Crippen LogP contribution is 2.48. The van der Waals surface area contributed by atoms with Crippen molar-refractivity contribution in [1.29, 1.82) is 0 Å². The quantitative estimate of drug-likeness (QED) is 0.0920.